The minimum atomic E-state index is -4.96. The van der Waals surface area contributed by atoms with Crippen molar-refractivity contribution in [1.29, 1.82) is 0 Å². The number of unbranched alkanes of at least 4 members (excludes halogenated alkanes) is 26. The number of carbonyl (C=O) groups is 3. The van der Waals surface area contributed by atoms with Gasteiger partial charge in [0.2, 0.25) is 0 Å². The average molecular weight is 1620 g/mol. The Balaban J connectivity index is 4.64. The average Bonchev–Trinajstić information content (AvgIpc) is 0.899. The lowest BCUT2D eigenvalue weighted by Crippen LogP contribution is -2.29. The van der Waals surface area contributed by atoms with Gasteiger partial charge in [-0.05, 0) is 148 Å². The second-order valence-corrected chi connectivity index (χ2v) is 31.5. The number of phosphoric acid groups is 2. The van der Waals surface area contributed by atoms with Crippen molar-refractivity contribution in [3.63, 3.8) is 0 Å². The first-order valence-electron chi connectivity index (χ1n) is 43.7. The van der Waals surface area contributed by atoms with Gasteiger partial charge in [0.1, 0.15) is 25.4 Å². The molecule has 0 radical (unpaired) electrons. The molecule has 5 atom stereocenters. The van der Waals surface area contributed by atoms with E-state index in [0.29, 0.717) is 25.7 Å². The summed E-state index contributed by atoms with van der Waals surface area (Å²) in [6.45, 7) is 2.26. The Bertz CT molecular complexity index is 2830. The van der Waals surface area contributed by atoms with Gasteiger partial charge >= 0.3 is 33.6 Å². The standard InChI is InChI=1S/C95H156O16P2/c1-4-7-10-13-16-19-22-25-28-31-34-36-38-40-42-44-46-48-50-52-55-57-60-63-66-69-72-75-78-81-93(98)105-84-90(96)85-107-112(101,102)108-86-91(97)87-109-113(103,104)110-89-92(111-95(100)83-80-77-74-71-68-65-62-59-54-33-30-27-24-21-18-15-12-9-6-3)88-106-94(99)82-79-76-73-70-67-64-61-58-56-53-51-49-47-45-43-41-39-37-35-32-29-26-23-20-17-14-11-8-5-2/h7-12,16-21,25-30,34-37,40-43,54,59,65,68,74,77,90-92,96-97H,4-6,13-15,22-24,31-33,38-39,44-53,55-58,60-64,66-67,69-73,75-76,78-89H2,1-3H3,(H,101,102)(H,103,104)/b10-7-,11-8-,12-9-,19-16-,20-17-,21-18-,28-25-,29-26-,30-27-,36-34-,37-35-,42-40-,43-41-,59-54-,68-65-,77-74-. The number of carbonyl (C=O) groups excluding carboxylic acids is 3. The van der Waals surface area contributed by atoms with Gasteiger partial charge in [0.05, 0.1) is 26.4 Å². The van der Waals surface area contributed by atoms with Crippen molar-refractivity contribution in [3.05, 3.63) is 194 Å². The van der Waals surface area contributed by atoms with Gasteiger partial charge in [0, 0.05) is 19.3 Å². The molecule has 0 bridgehead atoms. The monoisotopic (exact) mass is 1620 g/mol. The third kappa shape index (κ3) is 87.1. The fraction of sp³-hybridized carbons (Fsp3) is 0.632. The second kappa shape index (κ2) is 85.8. The summed E-state index contributed by atoms with van der Waals surface area (Å²) in [4.78, 5) is 58.9. The minimum absolute atomic E-state index is 0.0266. The molecule has 642 valence electrons. The van der Waals surface area contributed by atoms with Crippen LogP contribution in [0.15, 0.2) is 194 Å². The summed E-state index contributed by atoms with van der Waals surface area (Å²) in [6.07, 6.45) is 114. The molecule has 0 saturated heterocycles. The molecule has 0 amide bonds. The van der Waals surface area contributed by atoms with Crippen LogP contribution < -0.4 is 0 Å². The van der Waals surface area contributed by atoms with Crippen LogP contribution in [0.2, 0.25) is 0 Å². The van der Waals surface area contributed by atoms with Gasteiger partial charge in [-0.15, -0.1) is 0 Å². The molecule has 0 spiro atoms. The Labute approximate surface area is 687 Å². The first kappa shape index (κ1) is 107. The number of rotatable bonds is 81. The molecule has 113 heavy (non-hydrogen) atoms. The summed E-state index contributed by atoms with van der Waals surface area (Å²) < 4.78 is 61.3. The van der Waals surface area contributed by atoms with E-state index < -0.39 is 91.5 Å². The molecule has 0 aromatic carbocycles. The zero-order valence-electron chi connectivity index (χ0n) is 70.5. The number of aliphatic hydroxyl groups is 2. The number of allylic oxidation sites excluding steroid dienone is 32. The van der Waals surface area contributed by atoms with E-state index in [9.17, 15) is 43.5 Å². The predicted octanol–water partition coefficient (Wildman–Crippen LogP) is 26.7. The maximum atomic E-state index is 13.0. The number of aliphatic hydroxyl groups excluding tert-OH is 2. The molecule has 0 aliphatic rings. The number of hydrogen-bond donors (Lipinski definition) is 4. The number of phosphoric ester groups is 2. The predicted molar refractivity (Wildman–Crippen MR) is 472 cm³/mol. The molecule has 18 heteroatoms. The van der Waals surface area contributed by atoms with Crippen LogP contribution in [0.5, 0.6) is 0 Å². The fourth-order valence-corrected chi connectivity index (χ4v) is 12.9. The van der Waals surface area contributed by atoms with E-state index in [0.717, 1.165) is 154 Å². The zero-order valence-corrected chi connectivity index (χ0v) is 72.3. The third-order valence-electron chi connectivity index (χ3n) is 17.8. The van der Waals surface area contributed by atoms with Gasteiger partial charge < -0.3 is 34.2 Å². The van der Waals surface area contributed by atoms with Crippen molar-refractivity contribution >= 4 is 33.6 Å². The Hall–Kier alpha value is -5.61. The SMILES string of the molecule is CC/C=C\C/C=C\C/C=C\C/C=C\C/C=C\C/C=C\CCC(=O)OC(COC(=O)CCCCCCCCCCCCCCC/C=C\C/C=C\C/C=C\C/C=C\C/C=C\CC)COP(=O)(O)OCC(O)COP(=O)(O)OCC(O)COC(=O)CCCCCCCCCCCCCCC/C=C\C/C=C\C/C=C\C/C=C\C/C=C\CC. The maximum Gasteiger partial charge on any atom is 0.472 e. The minimum Gasteiger partial charge on any atom is -0.463 e. The van der Waals surface area contributed by atoms with Crippen molar-refractivity contribution in [2.45, 2.75) is 347 Å². The van der Waals surface area contributed by atoms with E-state index in [1.807, 2.05) is 18.2 Å². The highest BCUT2D eigenvalue weighted by Gasteiger charge is 2.29. The summed E-state index contributed by atoms with van der Waals surface area (Å²) >= 11 is 0. The Morgan fingerprint density at radius 3 is 0.735 bits per heavy atom. The second-order valence-electron chi connectivity index (χ2n) is 28.5. The fourth-order valence-electron chi connectivity index (χ4n) is 11.3. The van der Waals surface area contributed by atoms with Gasteiger partial charge in [-0.3, -0.25) is 32.5 Å². The van der Waals surface area contributed by atoms with Crippen molar-refractivity contribution in [1.82, 2.24) is 0 Å². The summed E-state index contributed by atoms with van der Waals surface area (Å²) in [7, 11) is -9.84. The summed E-state index contributed by atoms with van der Waals surface area (Å²) in [5.74, 6) is -1.68. The van der Waals surface area contributed by atoms with Gasteiger partial charge in [-0.1, -0.05) is 356 Å². The van der Waals surface area contributed by atoms with Gasteiger partial charge in [-0.2, -0.15) is 0 Å². The number of hydrogen-bond acceptors (Lipinski definition) is 14. The highest BCUT2D eigenvalue weighted by atomic mass is 31.2. The zero-order chi connectivity index (χ0) is 82.2. The van der Waals surface area contributed by atoms with E-state index >= 15 is 0 Å². The van der Waals surface area contributed by atoms with Crippen LogP contribution in [-0.2, 0) is 55.8 Å². The Kier molecular flexibility index (Phi) is 81.5. The van der Waals surface area contributed by atoms with Crippen molar-refractivity contribution in [3.8, 4) is 0 Å². The molecule has 0 rings (SSSR count). The van der Waals surface area contributed by atoms with E-state index in [-0.39, 0.29) is 19.3 Å². The molecule has 0 heterocycles. The Morgan fingerprint density at radius 2 is 0.460 bits per heavy atom. The van der Waals surface area contributed by atoms with Gasteiger partial charge in [-0.25, -0.2) is 9.13 Å². The molecule has 4 N–H and O–H groups in total. The van der Waals surface area contributed by atoms with Gasteiger partial charge in [0.25, 0.3) is 0 Å². The summed E-state index contributed by atoms with van der Waals surface area (Å²) in [6, 6.07) is 0. The van der Waals surface area contributed by atoms with E-state index in [1.165, 1.54) is 109 Å². The van der Waals surface area contributed by atoms with Crippen LogP contribution in [0.4, 0.5) is 0 Å². The molecule has 5 unspecified atom stereocenters. The highest BCUT2D eigenvalue weighted by molar-refractivity contribution is 7.47. The van der Waals surface area contributed by atoms with Crippen LogP contribution in [0.3, 0.4) is 0 Å². The first-order chi connectivity index (χ1) is 55.2. The van der Waals surface area contributed by atoms with Crippen LogP contribution in [-0.4, -0.2) is 95.9 Å². The van der Waals surface area contributed by atoms with Crippen LogP contribution in [0.1, 0.15) is 329 Å². The van der Waals surface area contributed by atoms with Crippen LogP contribution >= 0.6 is 15.6 Å². The quantitative estimate of drug-likeness (QED) is 0.0146. The summed E-state index contributed by atoms with van der Waals surface area (Å²) in [5, 5.41) is 20.7. The van der Waals surface area contributed by atoms with E-state index in [2.05, 4.69) is 197 Å². The molecule has 0 aromatic rings. The number of ether oxygens (including phenoxy) is 3. The van der Waals surface area contributed by atoms with Crippen molar-refractivity contribution in [2.75, 3.05) is 39.6 Å². The number of esters is 3. The Morgan fingerprint density at radius 1 is 0.248 bits per heavy atom. The molecular formula is C95H156O16P2. The molecule has 0 fully saturated rings. The molecule has 0 aliphatic carbocycles. The van der Waals surface area contributed by atoms with Crippen LogP contribution in [0.25, 0.3) is 0 Å². The molecule has 0 aliphatic heterocycles. The van der Waals surface area contributed by atoms with E-state index in [1.54, 1.807) is 0 Å². The smallest absolute Gasteiger partial charge is 0.463 e. The third-order valence-corrected chi connectivity index (χ3v) is 19.7. The molecular weight excluding hydrogens is 1460 g/mol. The van der Waals surface area contributed by atoms with Gasteiger partial charge in [0.15, 0.2) is 6.10 Å². The highest BCUT2D eigenvalue weighted by Crippen LogP contribution is 2.45. The lowest BCUT2D eigenvalue weighted by Gasteiger charge is -2.21. The normalized spacial score (nSPS) is 14.8. The van der Waals surface area contributed by atoms with Crippen molar-refractivity contribution < 1.29 is 75.8 Å². The van der Waals surface area contributed by atoms with E-state index in [4.69, 9.17) is 32.3 Å². The topological polar surface area (TPSA) is 231 Å². The largest absolute Gasteiger partial charge is 0.472 e. The first-order valence-corrected chi connectivity index (χ1v) is 46.7. The molecule has 16 nitrogen and oxygen atoms in total. The lowest BCUT2D eigenvalue weighted by atomic mass is 10.0. The van der Waals surface area contributed by atoms with Crippen LogP contribution in [0, 0.1) is 0 Å². The maximum absolute atomic E-state index is 13.0. The molecule has 0 aromatic heterocycles. The molecule has 0 saturated carbocycles. The lowest BCUT2D eigenvalue weighted by molar-refractivity contribution is -0.161. The van der Waals surface area contributed by atoms with Crippen molar-refractivity contribution in [2.24, 2.45) is 0 Å². The summed E-state index contributed by atoms with van der Waals surface area (Å²) in [5.41, 5.74) is 0.